The van der Waals surface area contributed by atoms with E-state index >= 15 is 0 Å². The fourth-order valence-corrected chi connectivity index (χ4v) is 4.25. The largest absolute Gasteiger partial charge is 0.333 e. The summed E-state index contributed by atoms with van der Waals surface area (Å²) >= 11 is 0. The van der Waals surface area contributed by atoms with Gasteiger partial charge in [-0.15, -0.1) is 0 Å². The lowest BCUT2D eigenvalue weighted by atomic mass is 9.82. The maximum atomic E-state index is 13.1. The van der Waals surface area contributed by atoms with Crippen molar-refractivity contribution in [2.24, 2.45) is 5.41 Å². The minimum absolute atomic E-state index is 0.0443. The summed E-state index contributed by atoms with van der Waals surface area (Å²) in [5.41, 5.74) is -1.13. The number of barbiturate groups is 1. The van der Waals surface area contributed by atoms with E-state index in [9.17, 15) is 14.4 Å². The zero-order chi connectivity index (χ0) is 16.6. The van der Waals surface area contributed by atoms with E-state index in [4.69, 9.17) is 0 Å². The Balaban J connectivity index is 1.86. The molecule has 0 bridgehead atoms. The second kappa shape index (κ2) is 6.23. The topological polar surface area (TPSA) is 60.9 Å². The Kier molecular flexibility index (Phi) is 4.45. The molecule has 1 saturated carbocycles. The minimum Gasteiger partial charge on any atom is -0.302 e. The maximum absolute atomic E-state index is 13.1. The third-order valence-corrected chi connectivity index (χ3v) is 5.64. The Hall–Kier alpha value is -1.43. The molecular weight excluding hydrogens is 294 g/mol. The average molecular weight is 321 g/mol. The number of urea groups is 1. The molecule has 0 aromatic carbocycles. The maximum Gasteiger partial charge on any atom is 0.333 e. The van der Waals surface area contributed by atoms with Crippen LogP contribution in [0, 0.1) is 5.41 Å². The van der Waals surface area contributed by atoms with E-state index in [0.29, 0.717) is 6.54 Å². The van der Waals surface area contributed by atoms with Crippen molar-refractivity contribution in [2.45, 2.75) is 57.9 Å². The van der Waals surface area contributed by atoms with Crippen molar-refractivity contribution in [3.8, 4) is 0 Å². The molecular formula is C17H27N3O3. The summed E-state index contributed by atoms with van der Waals surface area (Å²) in [7, 11) is 1.51. The van der Waals surface area contributed by atoms with Gasteiger partial charge in [0.15, 0.2) is 0 Å². The van der Waals surface area contributed by atoms with Crippen LogP contribution in [0.1, 0.15) is 51.9 Å². The fraction of sp³-hybridized carbons (Fsp3) is 0.824. The molecule has 2 saturated heterocycles. The molecule has 3 fully saturated rings. The second-order valence-electron chi connectivity index (χ2n) is 7.43. The molecule has 0 radical (unpaired) electrons. The Bertz CT molecular complexity index is 509. The number of amides is 4. The molecule has 1 atom stereocenters. The number of imide groups is 2. The molecule has 3 rings (SSSR count). The van der Waals surface area contributed by atoms with Crippen LogP contribution in [-0.2, 0) is 9.59 Å². The summed E-state index contributed by atoms with van der Waals surface area (Å²) in [6.45, 7) is 3.99. The first-order valence-electron chi connectivity index (χ1n) is 8.83. The highest BCUT2D eigenvalue weighted by molar-refractivity contribution is 6.19. The van der Waals surface area contributed by atoms with Gasteiger partial charge in [-0.2, -0.15) is 0 Å². The summed E-state index contributed by atoms with van der Waals surface area (Å²) in [4.78, 5) is 43.2. The number of carbonyl (C=O) groups excluding carboxylic acids is 3. The van der Waals surface area contributed by atoms with Crippen molar-refractivity contribution in [1.82, 2.24) is 14.7 Å². The Morgan fingerprint density at radius 1 is 0.957 bits per heavy atom. The number of likely N-dealkylation sites (tertiary alicyclic amines) is 1. The molecule has 3 aliphatic rings. The van der Waals surface area contributed by atoms with Gasteiger partial charge in [-0.1, -0.05) is 19.3 Å². The van der Waals surface area contributed by atoms with Gasteiger partial charge < -0.3 is 4.90 Å². The number of rotatable bonds is 3. The van der Waals surface area contributed by atoms with Crippen LogP contribution in [0.15, 0.2) is 0 Å². The molecule has 0 spiro atoms. The number of nitrogens with zero attached hydrogens (tertiary/aromatic N) is 3. The van der Waals surface area contributed by atoms with E-state index in [-0.39, 0.29) is 17.9 Å². The van der Waals surface area contributed by atoms with Crippen LogP contribution < -0.4 is 0 Å². The van der Waals surface area contributed by atoms with Gasteiger partial charge in [-0.25, -0.2) is 4.79 Å². The van der Waals surface area contributed by atoms with Crippen LogP contribution in [0.2, 0.25) is 0 Å². The summed E-state index contributed by atoms with van der Waals surface area (Å²) in [5, 5.41) is 0. The standard InChI is InChI=1S/C17H27N3O3/c1-17(12-19-10-6-7-11-19)14(21)18(2)16(23)20(15(17)22)13-8-4-3-5-9-13/h13H,3-12H2,1-2H3. The third kappa shape index (κ3) is 2.77. The average Bonchev–Trinajstić information content (AvgIpc) is 3.06. The van der Waals surface area contributed by atoms with Crippen LogP contribution >= 0.6 is 0 Å². The molecule has 6 heteroatoms. The SMILES string of the molecule is CN1C(=O)N(C2CCCCC2)C(=O)C(C)(CN2CCCC2)C1=O. The summed E-state index contributed by atoms with van der Waals surface area (Å²) in [6.07, 6.45) is 7.19. The van der Waals surface area contributed by atoms with E-state index < -0.39 is 11.4 Å². The fourth-order valence-electron chi connectivity index (χ4n) is 4.25. The van der Waals surface area contributed by atoms with Crippen molar-refractivity contribution in [3.05, 3.63) is 0 Å². The summed E-state index contributed by atoms with van der Waals surface area (Å²) in [5.74, 6) is -0.643. The quantitative estimate of drug-likeness (QED) is 0.744. The molecule has 2 aliphatic heterocycles. The van der Waals surface area contributed by atoms with E-state index in [0.717, 1.165) is 62.9 Å². The molecule has 4 amide bonds. The molecule has 1 aliphatic carbocycles. The van der Waals surface area contributed by atoms with Crippen LogP contribution in [0.25, 0.3) is 0 Å². The zero-order valence-electron chi connectivity index (χ0n) is 14.2. The highest BCUT2D eigenvalue weighted by atomic mass is 16.2. The van der Waals surface area contributed by atoms with Gasteiger partial charge >= 0.3 is 6.03 Å². The van der Waals surface area contributed by atoms with Crippen molar-refractivity contribution in [3.63, 3.8) is 0 Å². The molecule has 2 heterocycles. The van der Waals surface area contributed by atoms with Crippen LogP contribution in [0.3, 0.4) is 0 Å². The highest BCUT2D eigenvalue weighted by Crippen LogP contribution is 2.35. The molecule has 0 aromatic heterocycles. The van der Waals surface area contributed by atoms with Gasteiger partial charge in [0.05, 0.1) is 0 Å². The van der Waals surface area contributed by atoms with E-state index in [2.05, 4.69) is 4.90 Å². The van der Waals surface area contributed by atoms with Crippen molar-refractivity contribution in [1.29, 1.82) is 0 Å². The van der Waals surface area contributed by atoms with Crippen LogP contribution in [0.4, 0.5) is 4.79 Å². The Labute approximate surface area is 137 Å². The second-order valence-corrected chi connectivity index (χ2v) is 7.43. The van der Waals surface area contributed by atoms with Crippen LogP contribution in [-0.4, -0.2) is 65.3 Å². The lowest BCUT2D eigenvalue weighted by Gasteiger charge is -2.45. The lowest BCUT2D eigenvalue weighted by Crippen LogP contribution is -2.67. The van der Waals surface area contributed by atoms with Gasteiger partial charge in [0.1, 0.15) is 5.41 Å². The van der Waals surface area contributed by atoms with Gasteiger partial charge in [-0.3, -0.25) is 19.4 Å². The first kappa shape index (κ1) is 16.4. The van der Waals surface area contributed by atoms with Gasteiger partial charge in [0, 0.05) is 19.6 Å². The molecule has 23 heavy (non-hydrogen) atoms. The zero-order valence-corrected chi connectivity index (χ0v) is 14.2. The summed E-state index contributed by atoms with van der Waals surface area (Å²) < 4.78 is 0. The summed E-state index contributed by atoms with van der Waals surface area (Å²) in [6, 6.07) is -0.483. The Morgan fingerprint density at radius 2 is 1.57 bits per heavy atom. The van der Waals surface area contributed by atoms with Gasteiger partial charge in [-0.05, 0) is 45.7 Å². The van der Waals surface area contributed by atoms with Crippen molar-refractivity contribution in [2.75, 3.05) is 26.7 Å². The molecule has 0 N–H and O–H groups in total. The Morgan fingerprint density at radius 3 is 2.17 bits per heavy atom. The molecule has 6 nitrogen and oxygen atoms in total. The molecule has 128 valence electrons. The van der Waals surface area contributed by atoms with E-state index in [1.165, 1.54) is 11.9 Å². The number of hydrogen-bond acceptors (Lipinski definition) is 4. The van der Waals surface area contributed by atoms with E-state index in [1.54, 1.807) is 6.92 Å². The molecule has 1 unspecified atom stereocenters. The normalized spacial score (nSPS) is 31.3. The van der Waals surface area contributed by atoms with Crippen LogP contribution in [0.5, 0.6) is 0 Å². The predicted molar refractivity (Wildman–Crippen MR) is 85.7 cm³/mol. The van der Waals surface area contributed by atoms with Crippen molar-refractivity contribution < 1.29 is 14.4 Å². The molecule has 0 aromatic rings. The third-order valence-electron chi connectivity index (χ3n) is 5.64. The van der Waals surface area contributed by atoms with Crippen molar-refractivity contribution >= 4 is 17.8 Å². The van der Waals surface area contributed by atoms with E-state index in [1.807, 2.05) is 0 Å². The van der Waals surface area contributed by atoms with Gasteiger partial charge in [0.2, 0.25) is 11.8 Å². The highest BCUT2D eigenvalue weighted by Gasteiger charge is 2.55. The predicted octanol–water partition coefficient (Wildman–Crippen LogP) is 1.84. The minimum atomic E-state index is -1.13. The number of hydrogen-bond donors (Lipinski definition) is 0. The number of carbonyl (C=O) groups is 3. The monoisotopic (exact) mass is 321 g/mol. The van der Waals surface area contributed by atoms with Gasteiger partial charge in [0.25, 0.3) is 0 Å². The first-order valence-corrected chi connectivity index (χ1v) is 8.83. The first-order chi connectivity index (χ1) is 10.9. The lowest BCUT2D eigenvalue weighted by molar-refractivity contribution is -0.159. The smallest absolute Gasteiger partial charge is 0.302 e.